The molecule has 1 aromatic carbocycles. The zero-order valence-corrected chi connectivity index (χ0v) is 11.4. The molecule has 0 saturated carbocycles. The lowest BCUT2D eigenvalue weighted by atomic mass is 10.2. The van der Waals surface area contributed by atoms with E-state index in [9.17, 15) is 9.59 Å². The number of rotatable bonds is 3. The zero-order valence-electron chi connectivity index (χ0n) is 10.6. The summed E-state index contributed by atoms with van der Waals surface area (Å²) in [6.45, 7) is 5.16. The summed E-state index contributed by atoms with van der Waals surface area (Å²) in [7, 11) is 0. The van der Waals surface area contributed by atoms with E-state index in [1.165, 1.54) is 0 Å². The van der Waals surface area contributed by atoms with Gasteiger partial charge in [0, 0.05) is 10.6 Å². The normalized spacial score (nSPS) is 10.9. The van der Waals surface area contributed by atoms with Gasteiger partial charge in [-0.25, -0.2) is 0 Å². The Morgan fingerprint density at radius 2 is 1.78 bits per heavy atom. The maximum absolute atomic E-state index is 11.7. The van der Waals surface area contributed by atoms with E-state index in [0.29, 0.717) is 10.6 Å². The Morgan fingerprint density at radius 3 is 2.28 bits per heavy atom. The number of ether oxygens (including phenoxy) is 1. The predicted octanol–water partition coefficient (Wildman–Crippen LogP) is 2.41. The largest absolute Gasteiger partial charge is 0.459 e. The number of hydrogen-bond acceptors (Lipinski definition) is 3. The molecule has 0 atom stereocenters. The van der Waals surface area contributed by atoms with E-state index in [-0.39, 0.29) is 12.5 Å². The summed E-state index contributed by atoms with van der Waals surface area (Å²) in [5.74, 6) is -0.803. The molecular weight excluding hydrogens is 254 g/mol. The van der Waals surface area contributed by atoms with Gasteiger partial charge in [0.25, 0.3) is 5.91 Å². The minimum absolute atomic E-state index is 0.154. The van der Waals surface area contributed by atoms with E-state index in [4.69, 9.17) is 16.3 Å². The summed E-state index contributed by atoms with van der Waals surface area (Å²) in [6.07, 6.45) is 0. The van der Waals surface area contributed by atoms with E-state index in [1.807, 2.05) is 0 Å². The van der Waals surface area contributed by atoms with Crippen LogP contribution >= 0.6 is 11.6 Å². The molecule has 1 amide bonds. The van der Waals surface area contributed by atoms with Crippen LogP contribution in [0, 0.1) is 0 Å². The van der Waals surface area contributed by atoms with Crippen LogP contribution in [0.25, 0.3) is 0 Å². The Labute approximate surface area is 111 Å². The van der Waals surface area contributed by atoms with Gasteiger partial charge in [-0.2, -0.15) is 0 Å². The van der Waals surface area contributed by atoms with Crippen LogP contribution in [0.4, 0.5) is 0 Å². The van der Waals surface area contributed by atoms with Crippen LogP contribution in [0.3, 0.4) is 0 Å². The fourth-order valence-corrected chi connectivity index (χ4v) is 1.36. The molecule has 0 heterocycles. The topological polar surface area (TPSA) is 55.4 Å². The van der Waals surface area contributed by atoms with Crippen LogP contribution < -0.4 is 5.32 Å². The van der Waals surface area contributed by atoms with E-state index >= 15 is 0 Å². The summed E-state index contributed by atoms with van der Waals surface area (Å²) in [5.41, 5.74) is -0.106. The van der Waals surface area contributed by atoms with Crippen molar-refractivity contribution in [3.63, 3.8) is 0 Å². The van der Waals surface area contributed by atoms with Crippen LogP contribution in [0.15, 0.2) is 24.3 Å². The van der Waals surface area contributed by atoms with Crippen molar-refractivity contribution >= 4 is 23.5 Å². The van der Waals surface area contributed by atoms with Crippen molar-refractivity contribution in [2.75, 3.05) is 6.54 Å². The first kappa shape index (κ1) is 14.5. The van der Waals surface area contributed by atoms with Crippen LogP contribution in [-0.2, 0) is 9.53 Å². The van der Waals surface area contributed by atoms with E-state index in [1.54, 1.807) is 45.0 Å². The molecule has 1 N–H and O–H groups in total. The molecule has 1 aromatic rings. The number of benzene rings is 1. The van der Waals surface area contributed by atoms with Crippen molar-refractivity contribution in [3.05, 3.63) is 34.9 Å². The molecule has 4 nitrogen and oxygen atoms in total. The average molecular weight is 270 g/mol. The van der Waals surface area contributed by atoms with Crippen LogP contribution in [0.2, 0.25) is 5.02 Å². The van der Waals surface area contributed by atoms with Gasteiger partial charge in [-0.05, 0) is 45.0 Å². The van der Waals surface area contributed by atoms with Gasteiger partial charge in [0.15, 0.2) is 0 Å². The molecule has 0 fully saturated rings. The summed E-state index contributed by atoms with van der Waals surface area (Å²) in [6, 6.07) is 6.41. The predicted molar refractivity (Wildman–Crippen MR) is 69.6 cm³/mol. The fourth-order valence-electron chi connectivity index (χ4n) is 1.23. The van der Waals surface area contributed by atoms with Crippen molar-refractivity contribution in [1.82, 2.24) is 5.32 Å². The van der Waals surface area contributed by atoms with Crippen molar-refractivity contribution < 1.29 is 14.3 Å². The highest BCUT2D eigenvalue weighted by Crippen LogP contribution is 2.09. The zero-order chi connectivity index (χ0) is 13.8. The minimum Gasteiger partial charge on any atom is -0.459 e. The van der Waals surface area contributed by atoms with Crippen molar-refractivity contribution in [1.29, 1.82) is 0 Å². The molecule has 0 aliphatic heterocycles. The van der Waals surface area contributed by atoms with Gasteiger partial charge in [-0.15, -0.1) is 0 Å². The molecule has 0 unspecified atom stereocenters. The van der Waals surface area contributed by atoms with Gasteiger partial charge in [-0.1, -0.05) is 11.6 Å². The molecule has 0 aromatic heterocycles. The third-order valence-corrected chi connectivity index (χ3v) is 2.17. The van der Waals surface area contributed by atoms with E-state index < -0.39 is 11.6 Å². The summed E-state index contributed by atoms with van der Waals surface area (Å²) < 4.78 is 5.07. The van der Waals surface area contributed by atoms with Gasteiger partial charge in [0.05, 0.1) is 0 Å². The Kier molecular flexibility index (Phi) is 4.73. The van der Waals surface area contributed by atoms with Crippen LogP contribution in [0.5, 0.6) is 0 Å². The minimum atomic E-state index is -0.553. The van der Waals surface area contributed by atoms with Gasteiger partial charge in [0.1, 0.15) is 12.1 Å². The molecular formula is C13H16ClNO3. The van der Waals surface area contributed by atoms with Crippen LogP contribution in [-0.4, -0.2) is 24.0 Å². The second-order valence-corrected chi connectivity index (χ2v) is 5.21. The second-order valence-electron chi connectivity index (χ2n) is 4.78. The van der Waals surface area contributed by atoms with Crippen molar-refractivity contribution in [2.45, 2.75) is 26.4 Å². The van der Waals surface area contributed by atoms with Crippen LogP contribution in [0.1, 0.15) is 31.1 Å². The van der Waals surface area contributed by atoms with Gasteiger partial charge in [0.2, 0.25) is 0 Å². The maximum Gasteiger partial charge on any atom is 0.325 e. The Balaban J connectivity index is 2.47. The monoisotopic (exact) mass is 269 g/mol. The standard InChI is InChI=1S/C13H16ClNO3/c1-13(2,3)18-11(16)8-15-12(17)9-4-6-10(14)7-5-9/h4-7H,8H2,1-3H3,(H,15,17). The SMILES string of the molecule is CC(C)(C)OC(=O)CNC(=O)c1ccc(Cl)cc1. The van der Waals surface area contributed by atoms with Crippen molar-refractivity contribution in [2.24, 2.45) is 0 Å². The second kappa shape index (κ2) is 5.87. The number of esters is 1. The molecule has 0 bridgehead atoms. The lowest BCUT2D eigenvalue weighted by Crippen LogP contribution is -2.34. The lowest BCUT2D eigenvalue weighted by Gasteiger charge is -2.19. The van der Waals surface area contributed by atoms with Gasteiger partial charge >= 0.3 is 5.97 Å². The number of carbonyl (C=O) groups excluding carboxylic acids is 2. The number of nitrogens with one attached hydrogen (secondary N) is 1. The molecule has 0 aliphatic carbocycles. The Bertz CT molecular complexity index is 435. The summed E-state index contributed by atoms with van der Waals surface area (Å²) in [4.78, 5) is 23.1. The quantitative estimate of drug-likeness (QED) is 0.858. The molecule has 0 spiro atoms. The molecule has 0 saturated heterocycles. The average Bonchev–Trinajstić information content (AvgIpc) is 2.24. The van der Waals surface area contributed by atoms with Crippen molar-refractivity contribution in [3.8, 4) is 0 Å². The Hall–Kier alpha value is -1.55. The molecule has 1 rings (SSSR count). The number of amides is 1. The Morgan fingerprint density at radius 1 is 1.22 bits per heavy atom. The molecule has 0 aliphatic rings. The molecule has 18 heavy (non-hydrogen) atoms. The lowest BCUT2D eigenvalue weighted by molar-refractivity contribution is -0.153. The molecule has 5 heteroatoms. The first-order chi connectivity index (χ1) is 8.28. The summed E-state index contributed by atoms with van der Waals surface area (Å²) in [5, 5.41) is 3.04. The van der Waals surface area contributed by atoms with Gasteiger partial charge in [-0.3, -0.25) is 9.59 Å². The third kappa shape index (κ3) is 5.19. The summed E-state index contributed by atoms with van der Waals surface area (Å²) >= 11 is 5.71. The van der Waals surface area contributed by atoms with Gasteiger partial charge < -0.3 is 10.1 Å². The highest BCUT2D eigenvalue weighted by Gasteiger charge is 2.16. The fraction of sp³-hybridized carbons (Fsp3) is 0.385. The number of halogens is 1. The molecule has 0 radical (unpaired) electrons. The first-order valence-corrected chi connectivity index (χ1v) is 5.91. The molecule has 98 valence electrons. The smallest absolute Gasteiger partial charge is 0.325 e. The number of carbonyl (C=O) groups is 2. The van der Waals surface area contributed by atoms with E-state index in [0.717, 1.165) is 0 Å². The highest BCUT2D eigenvalue weighted by molar-refractivity contribution is 6.30. The van der Waals surface area contributed by atoms with E-state index in [2.05, 4.69) is 5.32 Å². The third-order valence-electron chi connectivity index (χ3n) is 1.92. The maximum atomic E-state index is 11.7. The highest BCUT2D eigenvalue weighted by atomic mass is 35.5. The number of hydrogen-bond donors (Lipinski definition) is 1. The first-order valence-electron chi connectivity index (χ1n) is 5.53.